The molecule has 7 nitrogen and oxygen atoms in total. The van der Waals surface area contributed by atoms with Crippen LogP contribution in [0.4, 0.5) is 0 Å². The fraction of sp³-hybridized carbons (Fsp3) is 0.524. The fourth-order valence-electron chi connectivity index (χ4n) is 4.48. The van der Waals surface area contributed by atoms with E-state index in [9.17, 15) is 4.79 Å². The number of nitriles is 1. The van der Waals surface area contributed by atoms with Gasteiger partial charge in [-0.3, -0.25) is 4.79 Å². The summed E-state index contributed by atoms with van der Waals surface area (Å²) in [6.07, 6.45) is 10.6. The number of aromatic amines is 1. The Hall–Kier alpha value is -2.88. The van der Waals surface area contributed by atoms with E-state index in [0.29, 0.717) is 24.1 Å². The number of fused-ring (bicyclic) bond motifs is 3. The lowest BCUT2D eigenvalue weighted by Gasteiger charge is -2.29. The zero-order chi connectivity index (χ0) is 19.1. The summed E-state index contributed by atoms with van der Waals surface area (Å²) in [5, 5.41) is 13.1. The lowest BCUT2D eigenvalue weighted by molar-refractivity contribution is 0.0933. The van der Waals surface area contributed by atoms with Gasteiger partial charge in [-0.05, 0) is 56.4 Å². The number of carbonyl (C=O) groups excluding carboxylic acids is 1. The number of nitrogens with one attached hydrogen (secondary N) is 2. The molecule has 0 saturated heterocycles. The average molecular weight is 376 g/mol. The van der Waals surface area contributed by atoms with Crippen molar-refractivity contribution < 1.29 is 4.79 Å². The van der Waals surface area contributed by atoms with Gasteiger partial charge in [0.25, 0.3) is 5.91 Å². The van der Waals surface area contributed by atoms with Crippen LogP contribution < -0.4 is 5.32 Å². The maximum absolute atomic E-state index is 13.0. The second kappa shape index (κ2) is 6.93. The van der Waals surface area contributed by atoms with Crippen molar-refractivity contribution in [3.63, 3.8) is 0 Å². The van der Waals surface area contributed by atoms with Crippen LogP contribution in [0.3, 0.4) is 0 Å². The van der Waals surface area contributed by atoms with Gasteiger partial charge in [0.15, 0.2) is 5.82 Å². The molecule has 0 aliphatic heterocycles. The standard InChI is InChI=1S/C21H24N6O/c22-9-7-13-3-5-15(6-4-13)27-18-16-8-10-23-19(16)24-12-17(18)26-20(27)21(28)25-11-14-1-2-14/h8,10,12-15H,1-7,11H2,(H,23,24)(H,25,28)/t13-,15-. The van der Waals surface area contributed by atoms with E-state index >= 15 is 0 Å². The van der Waals surface area contributed by atoms with E-state index in [1.165, 1.54) is 12.8 Å². The van der Waals surface area contributed by atoms with E-state index in [0.717, 1.165) is 54.3 Å². The molecule has 5 rings (SSSR count). The first kappa shape index (κ1) is 17.2. The second-order valence-electron chi connectivity index (χ2n) is 8.23. The number of H-pyrrole nitrogens is 1. The van der Waals surface area contributed by atoms with Crippen molar-refractivity contribution in [2.45, 2.75) is 51.0 Å². The van der Waals surface area contributed by atoms with Gasteiger partial charge in [-0.1, -0.05) is 0 Å². The molecular formula is C21H24N6O. The van der Waals surface area contributed by atoms with Crippen molar-refractivity contribution in [1.82, 2.24) is 24.8 Å². The molecular weight excluding hydrogens is 352 g/mol. The molecule has 2 N–H and O–H groups in total. The maximum atomic E-state index is 13.0. The molecule has 7 heteroatoms. The lowest BCUT2D eigenvalue weighted by Crippen LogP contribution is -2.30. The monoisotopic (exact) mass is 376 g/mol. The molecule has 0 atom stereocenters. The van der Waals surface area contributed by atoms with Gasteiger partial charge in [0.1, 0.15) is 11.2 Å². The zero-order valence-electron chi connectivity index (χ0n) is 15.8. The predicted molar refractivity (Wildman–Crippen MR) is 106 cm³/mol. The molecule has 1 amide bonds. The van der Waals surface area contributed by atoms with Crippen molar-refractivity contribution in [2.24, 2.45) is 11.8 Å². The van der Waals surface area contributed by atoms with Gasteiger partial charge in [0, 0.05) is 30.6 Å². The molecule has 0 aromatic carbocycles. The maximum Gasteiger partial charge on any atom is 0.287 e. The SMILES string of the molecule is N#CC[C@H]1CC[C@H](n2c(C(=O)NCC3CC3)nc3cnc4[nH]ccc4c32)CC1. The van der Waals surface area contributed by atoms with E-state index in [2.05, 4.69) is 25.9 Å². The lowest BCUT2D eigenvalue weighted by atomic mass is 9.84. The van der Waals surface area contributed by atoms with Crippen LogP contribution in [-0.4, -0.2) is 32.0 Å². The molecule has 3 heterocycles. The van der Waals surface area contributed by atoms with Gasteiger partial charge in [0.2, 0.25) is 0 Å². The normalized spacial score (nSPS) is 22.4. The number of rotatable bonds is 5. The van der Waals surface area contributed by atoms with Gasteiger partial charge >= 0.3 is 0 Å². The average Bonchev–Trinajstić information content (AvgIpc) is 3.27. The summed E-state index contributed by atoms with van der Waals surface area (Å²) in [6.45, 7) is 0.731. The Bertz CT molecular complexity index is 1060. The molecule has 0 bridgehead atoms. The number of nitrogens with zero attached hydrogens (tertiary/aromatic N) is 4. The first-order chi connectivity index (χ1) is 13.7. The van der Waals surface area contributed by atoms with Gasteiger partial charge in [-0.25, -0.2) is 9.97 Å². The summed E-state index contributed by atoms with van der Waals surface area (Å²) < 4.78 is 2.15. The van der Waals surface area contributed by atoms with Crippen LogP contribution in [0.5, 0.6) is 0 Å². The third-order valence-corrected chi connectivity index (χ3v) is 6.25. The van der Waals surface area contributed by atoms with Crippen molar-refractivity contribution >= 4 is 28.0 Å². The predicted octanol–water partition coefficient (Wildman–Crippen LogP) is 3.70. The Morgan fingerprint density at radius 3 is 2.79 bits per heavy atom. The number of carbonyl (C=O) groups is 1. The first-order valence-electron chi connectivity index (χ1n) is 10.2. The van der Waals surface area contributed by atoms with Gasteiger partial charge < -0.3 is 14.9 Å². The topological polar surface area (TPSA) is 99.4 Å². The second-order valence-corrected chi connectivity index (χ2v) is 8.23. The summed E-state index contributed by atoms with van der Waals surface area (Å²) in [5.41, 5.74) is 2.58. The van der Waals surface area contributed by atoms with Crippen LogP contribution in [0, 0.1) is 23.2 Å². The number of aromatic nitrogens is 4. The summed E-state index contributed by atoms with van der Waals surface area (Å²) >= 11 is 0. The first-order valence-corrected chi connectivity index (χ1v) is 10.2. The molecule has 2 aliphatic carbocycles. The quantitative estimate of drug-likeness (QED) is 0.709. The Balaban J connectivity index is 1.55. The molecule has 0 radical (unpaired) electrons. The number of amides is 1. The Labute approximate surface area is 163 Å². The highest BCUT2D eigenvalue weighted by Gasteiger charge is 2.30. The molecule has 0 unspecified atom stereocenters. The molecule has 2 saturated carbocycles. The van der Waals surface area contributed by atoms with Crippen LogP contribution in [0.2, 0.25) is 0 Å². The Kier molecular flexibility index (Phi) is 4.27. The Morgan fingerprint density at radius 2 is 2.04 bits per heavy atom. The summed E-state index contributed by atoms with van der Waals surface area (Å²) in [4.78, 5) is 25.3. The third-order valence-electron chi connectivity index (χ3n) is 6.25. The van der Waals surface area contributed by atoms with Crippen LogP contribution in [0.1, 0.15) is 61.6 Å². The molecule has 2 fully saturated rings. The smallest absolute Gasteiger partial charge is 0.287 e. The van der Waals surface area contributed by atoms with Crippen LogP contribution >= 0.6 is 0 Å². The van der Waals surface area contributed by atoms with Crippen LogP contribution in [0.25, 0.3) is 22.1 Å². The number of imidazole rings is 1. The Morgan fingerprint density at radius 1 is 1.25 bits per heavy atom. The largest absolute Gasteiger partial charge is 0.349 e. The molecule has 28 heavy (non-hydrogen) atoms. The minimum atomic E-state index is -0.0917. The number of hydrogen-bond acceptors (Lipinski definition) is 4. The zero-order valence-corrected chi connectivity index (χ0v) is 15.8. The van der Waals surface area contributed by atoms with Crippen molar-refractivity contribution in [1.29, 1.82) is 5.26 Å². The highest BCUT2D eigenvalue weighted by atomic mass is 16.2. The molecule has 3 aromatic rings. The number of hydrogen-bond donors (Lipinski definition) is 2. The van der Waals surface area contributed by atoms with Gasteiger partial charge in [0.05, 0.1) is 17.8 Å². The van der Waals surface area contributed by atoms with Crippen molar-refractivity contribution in [3.05, 3.63) is 24.3 Å². The third kappa shape index (κ3) is 3.03. The molecule has 2 aliphatic rings. The van der Waals surface area contributed by atoms with Gasteiger partial charge in [-0.15, -0.1) is 0 Å². The van der Waals surface area contributed by atoms with E-state index in [1.807, 2.05) is 12.3 Å². The highest BCUT2D eigenvalue weighted by molar-refractivity contribution is 6.04. The van der Waals surface area contributed by atoms with Crippen LogP contribution in [-0.2, 0) is 0 Å². The molecule has 0 spiro atoms. The minimum Gasteiger partial charge on any atom is -0.349 e. The summed E-state index contributed by atoms with van der Waals surface area (Å²) in [6, 6.07) is 4.54. The molecule has 144 valence electrons. The summed E-state index contributed by atoms with van der Waals surface area (Å²) in [7, 11) is 0. The number of pyridine rings is 1. The van der Waals surface area contributed by atoms with Gasteiger partial charge in [-0.2, -0.15) is 5.26 Å². The fourth-order valence-corrected chi connectivity index (χ4v) is 4.48. The highest BCUT2D eigenvalue weighted by Crippen LogP contribution is 2.38. The van der Waals surface area contributed by atoms with E-state index in [4.69, 9.17) is 10.2 Å². The van der Waals surface area contributed by atoms with E-state index in [1.54, 1.807) is 6.20 Å². The van der Waals surface area contributed by atoms with Crippen LogP contribution in [0.15, 0.2) is 18.5 Å². The molecule has 3 aromatic heterocycles. The van der Waals surface area contributed by atoms with E-state index in [-0.39, 0.29) is 11.9 Å². The summed E-state index contributed by atoms with van der Waals surface area (Å²) in [5.74, 6) is 1.50. The van der Waals surface area contributed by atoms with Crippen molar-refractivity contribution in [2.75, 3.05) is 6.54 Å². The minimum absolute atomic E-state index is 0.0917. The van der Waals surface area contributed by atoms with E-state index < -0.39 is 0 Å². The van der Waals surface area contributed by atoms with Crippen molar-refractivity contribution in [3.8, 4) is 6.07 Å².